The largest absolute Gasteiger partial charge is 0.477 e. The Balaban J connectivity index is 1.49. The van der Waals surface area contributed by atoms with Gasteiger partial charge >= 0.3 is 5.97 Å². The van der Waals surface area contributed by atoms with Crippen LogP contribution in [0.15, 0.2) is 48.5 Å². The van der Waals surface area contributed by atoms with Crippen LogP contribution in [-0.4, -0.2) is 48.7 Å². The molecule has 2 aromatic carbocycles. The number of carboxylic acid groups (broad SMARTS) is 1. The molecule has 0 unspecified atom stereocenters. The fourth-order valence-corrected chi connectivity index (χ4v) is 5.26. The second kappa shape index (κ2) is 8.33. The second-order valence-corrected chi connectivity index (χ2v) is 8.34. The van der Waals surface area contributed by atoms with Gasteiger partial charge in [0.25, 0.3) is 0 Å². The Labute approximate surface area is 170 Å². The third kappa shape index (κ3) is 3.77. The van der Waals surface area contributed by atoms with Crippen LogP contribution in [0.5, 0.6) is 0 Å². The van der Waals surface area contributed by atoms with Gasteiger partial charge in [0, 0.05) is 48.5 Å². The van der Waals surface area contributed by atoms with Crippen LogP contribution in [0.25, 0.3) is 10.1 Å². The molecule has 3 aromatic rings. The van der Waals surface area contributed by atoms with Gasteiger partial charge in [-0.15, -0.1) is 11.3 Å². The number of nitrogens with zero attached hydrogens (tertiary/aromatic N) is 2. The van der Waals surface area contributed by atoms with Crippen LogP contribution in [0.4, 0.5) is 5.69 Å². The molecule has 28 heavy (non-hydrogen) atoms. The first-order valence-electron chi connectivity index (χ1n) is 9.96. The highest BCUT2D eigenvalue weighted by molar-refractivity contribution is 7.21. The van der Waals surface area contributed by atoms with Gasteiger partial charge in [-0.05, 0) is 36.1 Å². The van der Waals surface area contributed by atoms with Gasteiger partial charge in [0.2, 0.25) is 0 Å². The van der Waals surface area contributed by atoms with Gasteiger partial charge in [0.05, 0.1) is 0 Å². The van der Waals surface area contributed by atoms with Crippen molar-refractivity contribution in [2.45, 2.75) is 19.8 Å². The molecule has 2 heterocycles. The van der Waals surface area contributed by atoms with E-state index in [1.807, 2.05) is 13.0 Å². The zero-order valence-electron chi connectivity index (χ0n) is 16.2. The van der Waals surface area contributed by atoms with Gasteiger partial charge < -0.3 is 10.0 Å². The molecule has 1 aromatic heterocycles. The van der Waals surface area contributed by atoms with E-state index in [-0.39, 0.29) is 0 Å². The summed E-state index contributed by atoms with van der Waals surface area (Å²) in [6.45, 7) is 7.18. The fraction of sp³-hybridized carbons (Fsp3) is 0.348. The second-order valence-electron chi connectivity index (χ2n) is 7.28. The van der Waals surface area contributed by atoms with Crippen molar-refractivity contribution in [1.82, 2.24) is 4.90 Å². The number of rotatable bonds is 6. The van der Waals surface area contributed by atoms with Gasteiger partial charge in [0.1, 0.15) is 4.88 Å². The Hall–Kier alpha value is -2.37. The Morgan fingerprint density at radius 2 is 1.79 bits per heavy atom. The summed E-state index contributed by atoms with van der Waals surface area (Å²) in [5.74, 6) is -0.810. The average Bonchev–Trinajstić information content (AvgIpc) is 3.13. The molecule has 0 aliphatic carbocycles. The number of carbonyl (C=O) groups is 1. The number of aryl methyl sites for hydroxylation is 1. The molecule has 1 aliphatic heterocycles. The van der Waals surface area contributed by atoms with E-state index < -0.39 is 5.97 Å². The molecule has 146 valence electrons. The molecule has 1 N–H and O–H groups in total. The smallest absolute Gasteiger partial charge is 0.346 e. The Bertz CT molecular complexity index is 959. The Morgan fingerprint density at radius 3 is 2.46 bits per heavy atom. The van der Waals surface area contributed by atoms with E-state index in [0.717, 1.165) is 61.2 Å². The lowest BCUT2D eigenvalue weighted by molar-refractivity contribution is 0.0701. The highest BCUT2D eigenvalue weighted by Gasteiger charge is 2.23. The van der Waals surface area contributed by atoms with E-state index >= 15 is 0 Å². The molecule has 0 spiro atoms. The molecule has 0 amide bonds. The van der Waals surface area contributed by atoms with E-state index in [0.29, 0.717) is 4.88 Å². The summed E-state index contributed by atoms with van der Waals surface area (Å²) in [5, 5.41) is 10.7. The molecule has 1 aliphatic rings. The maximum absolute atomic E-state index is 11.7. The third-order valence-electron chi connectivity index (χ3n) is 5.61. The molecule has 0 atom stereocenters. The van der Waals surface area contributed by atoms with Crippen molar-refractivity contribution in [3.8, 4) is 0 Å². The van der Waals surface area contributed by atoms with Crippen LogP contribution < -0.4 is 4.90 Å². The normalized spacial score (nSPS) is 15.2. The van der Waals surface area contributed by atoms with Crippen molar-refractivity contribution < 1.29 is 9.90 Å². The van der Waals surface area contributed by atoms with Gasteiger partial charge in [-0.25, -0.2) is 4.79 Å². The zero-order valence-corrected chi connectivity index (χ0v) is 17.0. The Morgan fingerprint density at radius 1 is 1.04 bits per heavy atom. The van der Waals surface area contributed by atoms with E-state index in [2.05, 4.69) is 52.3 Å². The van der Waals surface area contributed by atoms with Crippen LogP contribution in [-0.2, 0) is 12.8 Å². The lowest BCUT2D eigenvalue weighted by Gasteiger charge is -2.36. The van der Waals surface area contributed by atoms with Crippen molar-refractivity contribution in [2.24, 2.45) is 0 Å². The summed E-state index contributed by atoms with van der Waals surface area (Å²) in [4.78, 5) is 17.1. The minimum Gasteiger partial charge on any atom is -0.477 e. The molecule has 0 radical (unpaired) electrons. The van der Waals surface area contributed by atoms with Crippen molar-refractivity contribution >= 4 is 33.1 Å². The maximum Gasteiger partial charge on any atom is 0.346 e. The number of aromatic carboxylic acids is 1. The summed E-state index contributed by atoms with van der Waals surface area (Å²) in [6.07, 6.45) is 1.83. The molecular formula is C23H26N2O2S. The number of anilines is 1. The van der Waals surface area contributed by atoms with Crippen LogP contribution in [0, 0.1) is 0 Å². The van der Waals surface area contributed by atoms with Gasteiger partial charge in [-0.2, -0.15) is 0 Å². The highest BCUT2D eigenvalue weighted by Crippen LogP contribution is 2.38. The SMILES string of the molecule is CCc1c(C(=O)O)sc2cccc(N3CCN(CCc4ccccc4)CC3)c12. The number of carboxylic acids is 1. The van der Waals surface area contributed by atoms with Crippen LogP contribution >= 0.6 is 11.3 Å². The number of thiophene rings is 1. The number of piperazine rings is 1. The standard InChI is InChI=1S/C23H26N2O2S/c1-2-18-21-19(9-6-10-20(21)28-22(18)23(26)27)25-15-13-24(14-16-25)12-11-17-7-4-3-5-8-17/h3-10H,2,11-16H2,1H3,(H,26,27). The van der Waals surface area contributed by atoms with Crippen LogP contribution in [0.3, 0.4) is 0 Å². The topological polar surface area (TPSA) is 43.8 Å². The minimum atomic E-state index is -0.810. The van der Waals surface area contributed by atoms with E-state index in [4.69, 9.17) is 0 Å². The first-order chi connectivity index (χ1) is 13.7. The molecule has 5 heteroatoms. The zero-order chi connectivity index (χ0) is 19.5. The quantitative estimate of drug-likeness (QED) is 0.667. The van der Waals surface area contributed by atoms with Crippen LogP contribution in [0.2, 0.25) is 0 Å². The van der Waals surface area contributed by atoms with Crippen molar-refractivity contribution in [2.75, 3.05) is 37.6 Å². The summed E-state index contributed by atoms with van der Waals surface area (Å²) >= 11 is 1.40. The molecule has 1 fully saturated rings. The number of hydrogen-bond donors (Lipinski definition) is 1. The van der Waals surface area contributed by atoms with Crippen LogP contribution in [0.1, 0.15) is 27.7 Å². The minimum absolute atomic E-state index is 0.492. The van der Waals surface area contributed by atoms with Gasteiger partial charge in [-0.3, -0.25) is 4.90 Å². The fourth-order valence-electron chi connectivity index (χ4n) is 4.11. The highest BCUT2D eigenvalue weighted by atomic mass is 32.1. The summed E-state index contributed by atoms with van der Waals surface area (Å²) in [7, 11) is 0. The summed E-state index contributed by atoms with van der Waals surface area (Å²) in [5.41, 5.74) is 3.57. The monoisotopic (exact) mass is 394 g/mol. The van der Waals surface area contributed by atoms with Crippen molar-refractivity contribution in [3.63, 3.8) is 0 Å². The van der Waals surface area contributed by atoms with Gasteiger partial charge in [0.15, 0.2) is 0 Å². The third-order valence-corrected chi connectivity index (χ3v) is 6.80. The first-order valence-corrected chi connectivity index (χ1v) is 10.8. The number of hydrogen-bond acceptors (Lipinski definition) is 4. The summed E-state index contributed by atoms with van der Waals surface area (Å²) < 4.78 is 1.08. The molecule has 4 rings (SSSR count). The Kier molecular flexibility index (Phi) is 5.64. The molecule has 0 saturated carbocycles. The number of fused-ring (bicyclic) bond motifs is 1. The molecule has 0 bridgehead atoms. The molecular weight excluding hydrogens is 368 g/mol. The predicted octanol–water partition coefficient (Wildman–Crippen LogP) is 4.53. The molecule has 4 nitrogen and oxygen atoms in total. The predicted molar refractivity (Wildman–Crippen MR) is 117 cm³/mol. The van der Waals surface area contributed by atoms with Crippen molar-refractivity contribution in [3.05, 3.63) is 64.5 Å². The summed E-state index contributed by atoms with van der Waals surface area (Å²) in [6, 6.07) is 16.9. The first kappa shape index (κ1) is 19.0. The van der Waals surface area contributed by atoms with E-state index in [1.54, 1.807) is 0 Å². The van der Waals surface area contributed by atoms with Gasteiger partial charge in [-0.1, -0.05) is 43.3 Å². The molecule has 1 saturated heterocycles. The number of benzene rings is 2. The average molecular weight is 395 g/mol. The van der Waals surface area contributed by atoms with E-state index in [9.17, 15) is 9.90 Å². The van der Waals surface area contributed by atoms with Crippen molar-refractivity contribution in [1.29, 1.82) is 0 Å². The maximum atomic E-state index is 11.7. The lowest BCUT2D eigenvalue weighted by Crippen LogP contribution is -2.47. The van der Waals surface area contributed by atoms with E-state index in [1.165, 1.54) is 22.6 Å². The lowest BCUT2D eigenvalue weighted by atomic mass is 10.0.